The van der Waals surface area contributed by atoms with E-state index in [0.29, 0.717) is 24.9 Å². The molecule has 1 unspecified atom stereocenters. The summed E-state index contributed by atoms with van der Waals surface area (Å²) in [4.78, 5) is 4.39. The van der Waals surface area contributed by atoms with Crippen LogP contribution in [0.3, 0.4) is 0 Å². The number of thioether (sulfide) groups is 1. The molecule has 0 aromatic rings. The molecule has 0 radical (unpaired) electrons. The van der Waals surface area contributed by atoms with Gasteiger partial charge < -0.3 is 5.32 Å². The van der Waals surface area contributed by atoms with Crippen LogP contribution in [0.2, 0.25) is 0 Å². The lowest BCUT2D eigenvalue weighted by Crippen LogP contribution is -2.28. The van der Waals surface area contributed by atoms with Crippen molar-refractivity contribution >= 4 is 26.8 Å². The highest BCUT2D eigenvalue weighted by Crippen LogP contribution is 2.18. The fourth-order valence-corrected chi connectivity index (χ4v) is 3.40. The normalized spacial score (nSPS) is 23.3. The van der Waals surface area contributed by atoms with Crippen molar-refractivity contribution in [3.05, 3.63) is 0 Å². The van der Waals surface area contributed by atoms with E-state index in [1.165, 1.54) is 6.26 Å². The molecule has 17 heavy (non-hydrogen) atoms. The summed E-state index contributed by atoms with van der Waals surface area (Å²) >= 11 is 1.74. The number of hydrogen-bond donors (Lipinski definition) is 1. The Kier molecular flexibility index (Phi) is 5.79. The molecule has 0 bridgehead atoms. The Morgan fingerprint density at radius 2 is 2.24 bits per heavy atom. The molecule has 4 nitrogen and oxygen atoms in total. The van der Waals surface area contributed by atoms with E-state index in [1.54, 1.807) is 11.8 Å². The summed E-state index contributed by atoms with van der Waals surface area (Å²) in [6, 6.07) is 0.522. The van der Waals surface area contributed by atoms with Gasteiger partial charge in [-0.05, 0) is 18.8 Å². The van der Waals surface area contributed by atoms with Gasteiger partial charge in [0.2, 0.25) is 0 Å². The van der Waals surface area contributed by atoms with E-state index in [4.69, 9.17) is 0 Å². The van der Waals surface area contributed by atoms with Crippen LogP contribution in [0.4, 0.5) is 0 Å². The fourth-order valence-electron chi connectivity index (χ4n) is 1.73. The number of nitrogens with zero attached hydrogens (tertiary/aromatic N) is 1. The molecule has 1 saturated heterocycles. The van der Waals surface area contributed by atoms with Crippen molar-refractivity contribution in [2.24, 2.45) is 10.9 Å². The van der Waals surface area contributed by atoms with Gasteiger partial charge in [0.1, 0.15) is 9.84 Å². The Labute approximate surface area is 109 Å². The summed E-state index contributed by atoms with van der Waals surface area (Å²) in [6.45, 7) is 5.03. The van der Waals surface area contributed by atoms with Crippen molar-refractivity contribution in [1.29, 1.82) is 0 Å². The van der Waals surface area contributed by atoms with Gasteiger partial charge in [0.15, 0.2) is 5.17 Å². The summed E-state index contributed by atoms with van der Waals surface area (Å²) in [5, 5.41) is 4.36. The average molecular weight is 278 g/mol. The summed E-state index contributed by atoms with van der Waals surface area (Å²) in [5.41, 5.74) is 0. The Morgan fingerprint density at radius 1 is 1.53 bits per heavy atom. The van der Waals surface area contributed by atoms with Crippen LogP contribution in [-0.2, 0) is 9.84 Å². The van der Waals surface area contributed by atoms with Crippen molar-refractivity contribution in [3.63, 3.8) is 0 Å². The van der Waals surface area contributed by atoms with Gasteiger partial charge in [0.25, 0.3) is 0 Å². The predicted octanol–water partition coefficient (Wildman–Crippen LogP) is 1.53. The molecule has 1 aliphatic rings. The molecule has 1 rings (SSSR count). The molecule has 100 valence electrons. The molecule has 1 atom stereocenters. The third kappa shape index (κ3) is 6.93. The van der Waals surface area contributed by atoms with E-state index in [0.717, 1.165) is 17.3 Å². The standard InChI is InChI=1S/C11H22N2O2S2/c1-9(2)7-10-8-16-11(13-10)12-5-4-6-17(3,14)15/h9-10H,4-8H2,1-3H3,(H,12,13). The fraction of sp³-hybridized carbons (Fsp3) is 0.909. The van der Waals surface area contributed by atoms with Gasteiger partial charge in [-0.2, -0.15) is 0 Å². The molecule has 0 saturated carbocycles. The first-order valence-electron chi connectivity index (χ1n) is 5.98. The highest BCUT2D eigenvalue weighted by molar-refractivity contribution is 8.14. The van der Waals surface area contributed by atoms with Gasteiger partial charge >= 0.3 is 0 Å². The van der Waals surface area contributed by atoms with Crippen molar-refractivity contribution < 1.29 is 8.42 Å². The van der Waals surface area contributed by atoms with E-state index in [2.05, 4.69) is 24.2 Å². The monoisotopic (exact) mass is 278 g/mol. The second kappa shape index (κ2) is 6.64. The lowest BCUT2D eigenvalue weighted by molar-refractivity contribution is 0.502. The smallest absolute Gasteiger partial charge is 0.156 e. The number of hydrogen-bond acceptors (Lipinski definition) is 4. The lowest BCUT2D eigenvalue weighted by atomic mass is 10.1. The summed E-state index contributed by atoms with van der Waals surface area (Å²) in [5.74, 6) is 1.99. The van der Waals surface area contributed by atoms with Crippen LogP contribution >= 0.6 is 11.8 Å². The van der Waals surface area contributed by atoms with Gasteiger partial charge in [-0.25, -0.2) is 8.42 Å². The molecular formula is C11H22N2O2S2. The zero-order chi connectivity index (χ0) is 12.9. The van der Waals surface area contributed by atoms with Crippen molar-refractivity contribution in [2.45, 2.75) is 32.7 Å². The van der Waals surface area contributed by atoms with Gasteiger partial charge in [0.05, 0.1) is 5.75 Å². The predicted molar refractivity (Wildman–Crippen MR) is 75.5 cm³/mol. The van der Waals surface area contributed by atoms with Crippen molar-refractivity contribution in [3.8, 4) is 0 Å². The van der Waals surface area contributed by atoms with Crippen LogP contribution in [0, 0.1) is 5.92 Å². The average Bonchev–Trinajstić information content (AvgIpc) is 2.58. The molecule has 1 aliphatic heterocycles. The van der Waals surface area contributed by atoms with E-state index in [-0.39, 0.29) is 5.75 Å². The summed E-state index contributed by atoms with van der Waals surface area (Å²) in [6.07, 6.45) is 3.04. The molecule has 0 amide bonds. The first-order chi connectivity index (χ1) is 7.87. The molecule has 1 heterocycles. The van der Waals surface area contributed by atoms with Gasteiger partial charge in [-0.3, -0.25) is 4.99 Å². The topological polar surface area (TPSA) is 58.5 Å². The number of nitrogens with one attached hydrogen (secondary N) is 1. The molecule has 1 N–H and O–H groups in total. The Bertz CT molecular complexity index is 364. The third-order valence-electron chi connectivity index (χ3n) is 2.43. The van der Waals surface area contributed by atoms with Gasteiger partial charge in [-0.15, -0.1) is 0 Å². The maximum absolute atomic E-state index is 10.9. The lowest BCUT2D eigenvalue weighted by Gasteiger charge is -2.11. The van der Waals surface area contributed by atoms with Crippen LogP contribution in [0.1, 0.15) is 26.7 Å². The Balaban J connectivity index is 2.24. The van der Waals surface area contributed by atoms with Gasteiger partial charge in [-0.1, -0.05) is 25.6 Å². The molecular weight excluding hydrogens is 256 g/mol. The summed E-state index contributed by atoms with van der Waals surface area (Å²) < 4.78 is 21.9. The maximum Gasteiger partial charge on any atom is 0.156 e. The van der Waals surface area contributed by atoms with Crippen LogP contribution in [0.5, 0.6) is 0 Å². The molecule has 0 aromatic heterocycles. The molecule has 0 aromatic carbocycles. The summed E-state index contributed by atoms with van der Waals surface area (Å²) in [7, 11) is -2.84. The number of amidine groups is 1. The van der Waals surface area contributed by atoms with Gasteiger partial charge in [0, 0.05) is 24.6 Å². The zero-order valence-electron chi connectivity index (χ0n) is 10.8. The maximum atomic E-state index is 10.9. The number of sulfone groups is 1. The van der Waals surface area contributed by atoms with Crippen LogP contribution in [-0.4, -0.2) is 43.9 Å². The van der Waals surface area contributed by atoms with Crippen molar-refractivity contribution in [2.75, 3.05) is 24.3 Å². The quantitative estimate of drug-likeness (QED) is 0.749. The third-order valence-corrected chi connectivity index (χ3v) is 4.55. The van der Waals surface area contributed by atoms with E-state index in [1.807, 2.05) is 0 Å². The van der Waals surface area contributed by atoms with Crippen LogP contribution < -0.4 is 5.32 Å². The first-order valence-corrected chi connectivity index (χ1v) is 9.03. The SMILES string of the molecule is CC(C)CC1CSC(=NCCCS(C)(=O)=O)N1. The number of rotatable bonds is 6. The van der Waals surface area contributed by atoms with Crippen LogP contribution in [0.15, 0.2) is 4.99 Å². The highest BCUT2D eigenvalue weighted by Gasteiger charge is 2.20. The minimum atomic E-state index is -2.84. The largest absolute Gasteiger partial charge is 0.361 e. The zero-order valence-corrected chi connectivity index (χ0v) is 12.4. The first kappa shape index (κ1) is 14.8. The Hall–Kier alpha value is -0.230. The second-order valence-electron chi connectivity index (χ2n) is 4.95. The second-order valence-corrected chi connectivity index (χ2v) is 8.22. The highest BCUT2D eigenvalue weighted by atomic mass is 32.2. The number of aliphatic imine (C=N–C) groups is 1. The molecule has 6 heteroatoms. The molecule has 0 aliphatic carbocycles. The Morgan fingerprint density at radius 3 is 2.82 bits per heavy atom. The van der Waals surface area contributed by atoms with E-state index < -0.39 is 9.84 Å². The minimum absolute atomic E-state index is 0.226. The van der Waals surface area contributed by atoms with Crippen molar-refractivity contribution in [1.82, 2.24) is 5.32 Å². The molecule has 0 spiro atoms. The van der Waals surface area contributed by atoms with E-state index >= 15 is 0 Å². The van der Waals surface area contributed by atoms with E-state index in [9.17, 15) is 8.42 Å². The minimum Gasteiger partial charge on any atom is -0.361 e. The van der Waals surface area contributed by atoms with Crippen LogP contribution in [0.25, 0.3) is 0 Å². The molecule has 1 fully saturated rings.